The third-order valence-corrected chi connectivity index (χ3v) is 8.39. The van der Waals surface area contributed by atoms with Crippen molar-refractivity contribution in [1.82, 2.24) is 15.1 Å². The molecule has 1 aromatic rings. The van der Waals surface area contributed by atoms with Crippen molar-refractivity contribution in [2.45, 2.75) is 69.8 Å². The molecular formula is C23H35N3O3. The molecule has 160 valence electrons. The number of carbonyl (C=O) groups is 1. The van der Waals surface area contributed by atoms with Crippen LogP contribution in [-0.4, -0.2) is 39.5 Å². The Bertz CT molecular complexity index is 725. The number of rotatable bonds is 6. The number of ether oxygens (including phenoxy) is 1. The van der Waals surface area contributed by atoms with Crippen LogP contribution in [0, 0.1) is 29.6 Å². The minimum Gasteiger partial charge on any atom is -0.477 e. The molecule has 0 aromatic carbocycles. The van der Waals surface area contributed by atoms with Crippen LogP contribution in [0.1, 0.15) is 74.6 Å². The molecule has 6 heteroatoms. The maximum absolute atomic E-state index is 13.0. The third-order valence-electron chi connectivity index (χ3n) is 8.39. The average Bonchev–Trinajstić information content (AvgIpc) is 3.09. The summed E-state index contributed by atoms with van der Waals surface area (Å²) < 4.78 is 7.71. The number of hydrogen-bond acceptors (Lipinski definition) is 4. The Morgan fingerprint density at radius 2 is 1.83 bits per heavy atom. The molecule has 1 aromatic heterocycles. The highest BCUT2D eigenvalue weighted by Crippen LogP contribution is 2.58. The molecule has 4 bridgehead atoms. The zero-order valence-corrected chi connectivity index (χ0v) is 17.6. The number of nitrogens with one attached hydrogen (secondary N) is 1. The normalized spacial score (nSPS) is 36.3. The standard InChI is InChI=1S/C23H35N3O3/c1-26-22(29-13-15-5-3-2-4-6-15)20(12-25-26)21(27)24-14-23(28)18-8-16-7-17(10-18)11-19(23)9-16/h12,15-19,28H,2-11,13-14H2,1H3,(H,24,27). The Morgan fingerprint density at radius 3 is 2.48 bits per heavy atom. The SMILES string of the molecule is Cn1ncc(C(=O)NCC2(O)C3CC4CC(C3)CC2C4)c1OCC1CCCCC1. The number of aromatic nitrogens is 2. The fourth-order valence-electron chi connectivity index (χ4n) is 6.91. The Balaban J connectivity index is 1.22. The van der Waals surface area contributed by atoms with Crippen molar-refractivity contribution >= 4 is 5.91 Å². The molecule has 0 saturated heterocycles. The minimum absolute atomic E-state index is 0.182. The van der Waals surface area contributed by atoms with Gasteiger partial charge in [-0.1, -0.05) is 19.3 Å². The van der Waals surface area contributed by atoms with Gasteiger partial charge >= 0.3 is 0 Å². The van der Waals surface area contributed by atoms with Gasteiger partial charge in [0.05, 0.1) is 18.4 Å². The molecule has 29 heavy (non-hydrogen) atoms. The van der Waals surface area contributed by atoms with Crippen molar-refractivity contribution in [3.63, 3.8) is 0 Å². The van der Waals surface area contributed by atoms with Gasteiger partial charge in [0, 0.05) is 13.6 Å². The first-order valence-electron chi connectivity index (χ1n) is 11.7. The highest BCUT2D eigenvalue weighted by Gasteiger charge is 2.56. The summed E-state index contributed by atoms with van der Waals surface area (Å²) in [6.45, 7) is 0.994. The van der Waals surface area contributed by atoms with Crippen molar-refractivity contribution in [2.24, 2.45) is 36.6 Å². The molecule has 0 radical (unpaired) electrons. The molecule has 0 aliphatic heterocycles. The number of amides is 1. The number of aryl methyl sites for hydroxylation is 1. The molecule has 5 aliphatic rings. The van der Waals surface area contributed by atoms with Crippen LogP contribution in [0.15, 0.2) is 6.20 Å². The molecule has 0 unspecified atom stereocenters. The fourth-order valence-corrected chi connectivity index (χ4v) is 6.91. The zero-order chi connectivity index (χ0) is 20.0. The molecule has 5 aliphatic carbocycles. The van der Waals surface area contributed by atoms with Crippen LogP contribution in [0.3, 0.4) is 0 Å². The van der Waals surface area contributed by atoms with Crippen molar-refractivity contribution in [2.75, 3.05) is 13.2 Å². The first kappa shape index (κ1) is 19.4. The van der Waals surface area contributed by atoms with Crippen LogP contribution in [0.5, 0.6) is 5.88 Å². The molecule has 6 nitrogen and oxygen atoms in total. The quantitative estimate of drug-likeness (QED) is 0.767. The smallest absolute Gasteiger partial charge is 0.258 e. The van der Waals surface area contributed by atoms with Crippen LogP contribution >= 0.6 is 0 Å². The summed E-state index contributed by atoms with van der Waals surface area (Å²) in [5.74, 6) is 3.22. The minimum atomic E-state index is -0.742. The van der Waals surface area contributed by atoms with Gasteiger partial charge in [0.1, 0.15) is 5.56 Å². The number of nitrogens with zero attached hydrogens (tertiary/aromatic N) is 2. The van der Waals surface area contributed by atoms with Crippen molar-refractivity contribution in [3.8, 4) is 5.88 Å². The highest BCUT2D eigenvalue weighted by molar-refractivity contribution is 5.96. The predicted molar refractivity (Wildman–Crippen MR) is 110 cm³/mol. The van der Waals surface area contributed by atoms with Gasteiger partial charge in [0.15, 0.2) is 0 Å². The van der Waals surface area contributed by atoms with E-state index in [2.05, 4.69) is 10.4 Å². The molecule has 0 atom stereocenters. The van der Waals surface area contributed by atoms with E-state index in [1.165, 1.54) is 38.5 Å². The van der Waals surface area contributed by atoms with Crippen molar-refractivity contribution in [1.29, 1.82) is 0 Å². The fraction of sp³-hybridized carbons (Fsp3) is 0.826. The molecule has 1 amide bonds. The molecule has 2 N–H and O–H groups in total. The average molecular weight is 402 g/mol. The summed E-state index contributed by atoms with van der Waals surface area (Å²) in [5.41, 5.74) is -0.260. The topological polar surface area (TPSA) is 76.4 Å². The summed E-state index contributed by atoms with van der Waals surface area (Å²) >= 11 is 0. The maximum atomic E-state index is 13.0. The van der Waals surface area contributed by atoms with Gasteiger partial charge in [-0.3, -0.25) is 4.79 Å². The summed E-state index contributed by atoms with van der Waals surface area (Å²) in [6.07, 6.45) is 13.7. The summed E-state index contributed by atoms with van der Waals surface area (Å²) in [6, 6.07) is 0. The van der Waals surface area contributed by atoms with Gasteiger partial charge in [-0.2, -0.15) is 5.10 Å². The van der Waals surface area contributed by atoms with Crippen molar-refractivity contribution in [3.05, 3.63) is 11.8 Å². The summed E-state index contributed by atoms with van der Waals surface area (Å²) in [4.78, 5) is 13.0. The Labute approximate surface area is 173 Å². The monoisotopic (exact) mass is 401 g/mol. The van der Waals surface area contributed by atoms with E-state index in [-0.39, 0.29) is 5.91 Å². The Hall–Kier alpha value is -1.56. The van der Waals surface area contributed by atoms with Crippen LogP contribution in [-0.2, 0) is 7.05 Å². The lowest BCUT2D eigenvalue weighted by atomic mass is 9.50. The van der Waals surface area contributed by atoms with E-state index >= 15 is 0 Å². The van der Waals surface area contributed by atoms with E-state index in [9.17, 15) is 9.90 Å². The number of carbonyl (C=O) groups excluding carboxylic acids is 1. The first-order valence-corrected chi connectivity index (χ1v) is 11.7. The van der Waals surface area contributed by atoms with Crippen LogP contribution in [0.25, 0.3) is 0 Å². The van der Waals surface area contributed by atoms with Gasteiger partial charge in [-0.05, 0) is 74.5 Å². The van der Waals surface area contributed by atoms with E-state index in [1.54, 1.807) is 10.9 Å². The van der Waals surface area contributed by atoms with E-state index in [1.807, 2.05) is 7.05 Å². The van der Waals surface area contributed by atoms with Gasteiger partial charge in [0.25, 0.3) is 5.91 Å². The van der Waals surface area contributed by atoms with Crippen LogP contribution in [0.2, 0.25) is 0 Å². The Morgan fingerprint density at radius 1 is 1.17 bits per heavy atom. The molecule has 5 saturated carbocycles. The van der Waals surface area contributed by atoms with E-state index in [0.717, 1.165) is 37.5 Å². The van der Waals surface area contributed by atoms with Gasteiger partial charge < -0.3 is 15.2 Å². The van der Waals surface area contributed by atoms with Gasteiger partial charge in [-0.25, -0.2) is 4.68 Å². The first-order chi connectivity index (χ1) is 14.0. The van der Waals surface area contributed by atoms with E-state index in [4.69, 9.17) is 4.74 Å². The summed E-state index contributed by atoms with van der Waals surface area (Å²) in [7, 11) is 1.82. The van der Waals surface area contributed by atoms with Crippen LogP contribution in [0.4, 0.5) is 0 Å². The van der Waals surface area contributed by atoms with Gasteiger partial charge in [0.2, 0.25) is 5.88 Å². The number of hydrogen-bond donors (Lipinski definition) is 2. The third kappa shape index (κ3) is 3.58. The second kappa shape index (κ2) is 7.60. The highest BCUT2D eigenvalue weighted by atomic mass is 16.5. The lowest BCUT2D eigenvalue weighted by Gasteiger charge is -2.58. The molecule has 0 spiro atoms. The molecule has 6 rings (SSSR count). The second-order valence-electron chi connectivity index (χ2n) is 10.3. The lowest BCUT2D eigenvalue weighted by molar-refractivity contribution is -0.168. The predicted octanol–water partition coefficient (Wildman–Crippen LogP) is 3.30. The number of aliphatic hydroxyl groups is 1. The largest absolute Gasteiger partial charge is 0.477 e. The zero-order valence-electron chi connectivity index (χ0n) is 17.6. The van der Waals surface area contributed by atoms with E-state index < -0.39 is 5.60 Å². The maximum Gasteiger partial charge on any atom is 0.258 e. The van der Waals surface area contributed by atoms with Crippen molar-refractivity contribution < 1.29 is 14.6 Å². The molecule has 5 fully saturated rings. The summed E-state index contributed by atoms with van der Waals surface area (Å²) in [5, 5.41) is 18.8. The molecule has 1 heterocycles. The molecular weight excluding hydrogens is 366 g/mol. The van der Waals surface area contributed by atoms with E-state index in [0.29, 0.717) is 42.3 Å². The lowest BCUT2D eigenvalue weighted by Crippen LogP contribution is -2.62. The Kier molecular flexibility index (Phi) is 5.09. The van der Waals surface area contributed by atoms with Crippen LogP contribution < -0.4 is 10.1 Å². The second-order valence-corrected chi connectivity index (χ2v) is 10.3. The van der Waals surface area contributed by atoms with Gasteiger partial charge in [-0.15, -0.1) is 0 Å².